The first-order valence-corrected chi connectivity index (χ1v) is 1.96. The fraction of sp³-hybridized carbons (Fsp3) is 0. The Hall–Kier alpha value is -1.00. The monoisotopic (exact) mass is 183 g/mol. The molecule has 0 unspecified atom stereocenters. The Labute approximate surface area is 67.5 Å². The van der Waals surface area contributed by atoms with Gasteiger partial charge in [-0.05, 0) is 6.07 Å². The van der Waals surface area contributed by atoms with Crippen LogP contribution in [0, 0.1) is 0 Å². The van der Waals surface area contributed by atoms with E-state index in [1.807, 2.05) is 0 Å². The summed E-state index contributed by atoms with van der Waals surface area (Å²) in [6.07, 6.45) is 1.43. The molecular weight excluding hydrogens is 179 g/mol. The number of aliphatic hydroxyl groups excluding tert-OH is 1. The Morgan fingerprint density at radius 3 is 2.30 bits per heavy atom. The van der Waals surface area contributed by atoms with E-state index in [-0.39, 0.29) is 22.9 Å². The predicted molar refractivity (Wildman–Crippen MR) is 27.5 cm³/mol. The number of rotatable bonds is 0. The van der Waals surface area contributed by atoms with E-state index in [1.165, 1.54) is 12.3 Å². The second kappa shape index (κ2) is 8.00. The Kier molecular flexibility index (Phi) is 9.40. The van der Waals surface area contributed by atoms with Gasteiger partial charge in [-0.2, -0.15) is 0 Å². The third kappa shape index (κ3) is 7.00. The SMILES string of the molecule is O=[C-]O.Oc1ccn[n-]1.[Mn+2]. The van der Waals surface area contributed by atoms with E-state index in [2.05, 4.69) is 10.2 Å². The third-order valence-corrected chi connectivity index (χ3v) is 0.450. The van der Waals surface area contributed by atoms with Gasteiger partial charge in [0.25, 0.3) is 0 Å². The molecule has 0 bridgehead atoms. The maximum absolute atomic E-state index is 8.30. The number of hydrogen-bond donors (Lipinski definition) is 2. The zero-order chi connectivity index (χ0) is 7.11. The fourth-order valence-corrected chi connectivity index (χ4v) is 0.226. The van der Waals surface area contributed by atoms with Crippen molar-refractivity contribution in [1.82, 2.24) is 10.2 Å². The van der Waals surface area contributed by atoms with Crippen LogP contribution in [0.5, 0.6) is 5.88 Å². The molecule has 1 aromatic heterocycles. The molecule has 0 aliphatic carbocycles. The minimum Gasteiger partial charge on any atom is -0.665 e. The van der Waals surface area contributed by atoms with Gasteiger partial charge in [-0.25, -0.2) is 0 Å². The van der Waals surface area contributed by atoms with E-state index < -0.39 is 0 Å². The van der Waals surface area contributed by atoms with Gasteiger partial charge in [0, 0.05) is 12.1 Å². The molecule has 10 heavy (non-hydrogen) atoms. The largest absolute Gasteiger partial charge is 2.00 e. The first-order chi connectivity index (χ1) is 4.31. The van der Waals surface area contributed by atoms with Crippen LogP contribution in [0.2, 0.25) is 0 Å². The zero-order valence-electron chi connectivity index (χ0n) is 4.73. The molecule has 1 aromatic rings. The second-order valence-electron chi connectivity index (χ2n) is 0.981. The summed E-state index contributed by atoms with van der Waals surface area (Å²) in [6, 6.07) is 1.42. The quantitative estimate of drug-likeness (QED) is 0.412. The van der Waals surface area contributed by atoms with Crippen LogP contribution < -0.4 is 5.10 Å². The van der Waals surface area contributed by atoms with Gasteiger partial charge in [-0.3, -0.25) is 0 Å². The van der Waals surface area contributed by atoms with Crippen molar-refractivity contribution in [3.63, 3.8) is 0 Å². The molecule has 0 saturated carbocycles. The zero-order valence-corrected chi connectivity index (χ0v) is 5.91. The molecule has 0 atom stereocenters. The molecule has 0 spiro atoms. The Morgan fingerprint density at radius 1 is 1.70 bits per heavy atom. The summed E-state index contributed by atoms with van der Waals surface area (Å²) in [6.45, 7) is 0.500. The Morgan fingerprint density at radius 2 is 2.20 bits per heavy atom. The van der Waals surface area contributed by atoms with Crippen LogP contribution in [0.15, 0.2) is 12.3 Å². The molecule has 0 aliphatic heterocycles. The third-order valence-electron chi connectivity index (χ3n) is 0.450. The van der Waals surface area contributed by atoms with E-state index in [4.69, 9.17) is 15.0 Å². The standard InChI is InChI=1S/C3H3N2O.CHO2.Mn/c6-3-1-2-4-5-3;2-1-3;/h1-2H,(H-,4,5,6);(H,2,3);/q2*-1;+2. The molecule has 0 fully saturated rings. The van der Waals surface area contributed by atoms with Gasteiger partial charge in [-0.15, -0.1) is 0 Å². The molecule has 1 rings (SSSR count). The predicted octanol–water partition coefficient (Wildman–Crippen LogP) is -0.647. The molecule has 0 aromatic carbocycles. The van der Waals surface area contributed by atoms with Crippen molar-refractivity contribution < 1.29 is 32.1 Å². The molecule has 0 amide bonds. The van der Waals surface area contributed by atoms with Crippen molar-refractivity contribution in [3.8, 4) is 5.88 Å². The van der Waals surface area contributed by atoms with E-state index in [0.29, 0.717) is 6.47 Å². The molecule has 5 nitrogen and oxygen atoms in total. The Balaban J connectivity index is 0. The maximum atomic E-state index is 8.30. The first-order valence-electron chi connectivity index (χ1n) is 1.96. The van der Waals surface area contributed by atoms with Crippen molar-refractivity contribution >= 4 is 6.47 Å². The van der Waals surface area contributed by atoms with E-state index in [0.717, 1.165) is 0 Å². The topological polar surface area (TPSA) is 84.5 Å². The molecule has 55 valence electrons. The van der Waals surface area contributed by atoms with Crippen LogP contribution >= 0.6 is 0 Å². The minimum absolute atomic E-state index is 0. The van der Waals surface area contributed by atoms with Crippen LogP contribution in [0.3, 0.4) is 0 Å². The van der Waals surface area contributed by atoms with Gasteiger partial charge < -0.3 is 25.2 Å². The molecule has 1 radical (unpaired) electrons. The maximum Gasteiger partial charge on any atom is 2.00 e. The first kappa shape index (κ1) is 11.8. The summed E-state index contributed by atoms with van der Waals surface area (Å²) in [5.41, 5.74) is 0. The van der Waals surface area contributed by atoms with Crippen LogP contribution in [-0.2, 0) is 21.9 Å². The van der Waals surface area contributed by atoms with Crippen molar-refractivity contribution in [2.75, 3.05) is 0 Å². The van der Waals surface area contributed by atoms with Crippen LogP contribution in [0.4, 0.5) is 0 Å². The minimum atomic E-state index is -0.0185. The van der Waals surface area contributed by atoms with Crippen molar-refractivity contribution in [2.24, 2.45) is 0 Å². The molecule has 6 heteroatoms. The summed E-state index contributed by atoms with van der Waals surface area (Å²) in [4.78, 5) is 8.24. The van der Waals surface area contributed by atoms with Crippen LogP contribution in [-0.4, -0.2) is 21.8 Å². The molecule has 2 N–H and O–H groups in total. The molecule has 0 saturated heterocycles. The Bertz CT molecular complexity index is 154. The van der Waals surface area contributed by atoms with E-state index in [1.54, 1.807) is 0 Å². The van der Waals surface area contributed by atoms with Gasteiger partial charge in [0.2, 0.25) is 0 Å². The molecular formula is C4H4MnN2O3. The average molecular weight is 183 g/mol. The van der Waals surface area contributed by atoms with E-state index >= 15 is 0 Å². The normalized spacial score (nSPS) is 6.40. The van der Waals surface area contributed by atoms with Gasteiger partial charge in [0.15, 0.2) is 0 Å². The van der Waals surface area contributed by atoms with Gasteiger partial charge in [0.1, 0.15) is 0 Å². The van der Waals surface area contributed by atoms with Crippen LogP contribution in [0.1, 0.15) is 0 Å². The van der Waals surface area contributed by atoms with Gasteiger partial charge in [-0.1, -0.05) is 6.47 Å². The van der Waals surface area contributed by atoms with Gasteiger partial charge >= 0.3 is 17.1 Å². The average Bonchev–Trinajstić information content (AvgIpc) is 2.20. The van der Waals surface area contributed by atoms with Crippen molar-refractivity contribution in [3.05, 3.63) is 12.3 Å². The van der Waals surface area contributed by atoms with Crippen molar-refractivity contribution in [2.45, 2.75) is 0 Å². The molecule has 1 heterocycles. The van der Waals surface area contributed by atoms with Crippen LogP contribution in [0.25, 0.3) is 0 Å². The van der Waals surface area contributed by atoms with Gasteiger partial charge in [0.05, 0.1) is 0 Å². The second-order valence-corrected chi connectivity index (χ2v) is 0.981. The smallest absolute Gasteiger partial charge is 0.665 e. The summed E-state index contributed by atoms with van der Waals surface area (Å²) in [5.74, 6) is -0.0185. The number of hydrogen-bond acceptors (Lipinski definition) is 3. The van der Waals surface area contributed by atoms with E-state index in [9.17, 15) is 0 Å². The number of aromatic hydroxyl groups is 1. The number of aromatic nitrogens is 2. The summed E-state index contributed by atoms with van der Waals surface area (Å²) in [7, 11) is 0. The number of nitrogens with zero attached hydrogens (tertiary/aromatic N) is 2. The summed E-state index contributed by atoms with van der Waals surface area (Å²) >= 11 is 0. The summed E-state index contributed by atoms with van der Waals surface area (Å²) < 4.78 is 0. The fourth-order valence-electron chi connectivity index (χ4n) is 0.226. The molecule has 0 aliphatic rings. The van der Waals surface area contributed by atoms with Crippen molar-refractivity contribution in [1.29, 1.82) is 0 Å². The summed E-state index contributed by atoms with van der Waals surface area (Å²) in [5, 5.41) is 21.6.